The molecule has 0 bridgehead atoms. The van der Waals surface area contributed by atoms with Crippen LogP contribution in [0.25, 0.3) is 0 Å². The molecular formula is C8H16O4. The smallest absolute Gasteiger partial charge is 0.111 e. The molecule has 1 heterocycles. The first kappa shape index (κ1) is 9.92. The van der Waals surface area contributed by atoms with Crippen molar-refractivity contribution < 1.29 is 19.7 Å². The van der Waals surface area contributed by atoms with E-state index in [1.165, 1.54) is 7.11 Å². The van der Waals surface area contributed by atoms with E-state index in [0.717, 1.165) is 0 Å². The number of hydrogen-bond acceptors (Lipinski definition) is 4. The minimum atomic E-state index is -0.855. The lowest BCUT2D eigenvalue weighted by molar-refractivity contribution is -0.219. The summed E-state index contributed by atoms with van der Waals surface area (Å²) >= 11 is 0. The van der Waals surface area contributed by atoms with Crippen molar-refractivity contribution in [2.24, 2.45) is 0 Å². The van der Waals surface area contributed by atoms with Gasteiger partial charge >= 0.3 is 0 Å². The van der Waals surface area contributed by atoms with E-state index in [0.29, 0.717) is 0 Å². The Morgan fingerprint density at radius 3 is 2.17 bits per heavy atom. The molecule has 1 aliphatic rings. The van der Waals surface area contributed by atoms with Gasteiger partial charge in [-0.1, -0.05) is 0 Å². The Kier molecular flexibility index (Phi) is 3.06. The van der Waals surface area contributed by atoms with Crippen molar-refractivity contribution in [1.29, 1.82) is 0 Å². The monoisotopic (exact) mass is 176 g/mol. The van der Waals surface area contributed by atoms with Crippen LogP contribution in [-0.4, -0.2) is 47.8 Å². The van der Waals surface area contributed by atoms with E-state index in [9.17, 15) is 10.2 Å². The van der Waals surface area contributed by atoms with E-state index in [2.05, 4.69) is 0 Å². The van der Waals surface area contributed by atoms with Gasteiger partial charge in [0.15, 0.2) is 0 Å². The second-order valence-electron chi connectivity index (χ2n) is 3.23. The standard InChI is InChI=1S/C8H16O4/c1-4-6(9)7(10)8(11-3)5(2)12-4/h4-10H,1-3H3/t4?,5-,6-,7?,8?/m0/s1. The Morgan fingerprint density at radius 2 is 1.67 bits per heavy atom. The average Bonchev–Trinajstić information content (AvgIpc) is 2.01. The highest BCUT2D eigenvalue weighted by atomic mass is 16.6. The molecule has 0 aromatic heterocycles. The second-order valence-corrected chi connectivity index (χ2v) is 3.23. The maximum absolute atomic E-state index is 9.52. The summed E-state index contributed by atoms with van der Waals surface area (Å²) in [5, 5.41) is 18.9. The molecule has 0 saturated carbocycles. The lowest BCUT2D eigenvalue weighted by atomic mass is 9.96. The summed E-state index contributed by atoms with van der Waals surface area (Å²) in [7, 11) is 1.50. The number of ether oxygens (including phenoxy) is 2. The number of hydrogen-bond donors (Lipinski definition) is 2. The van der Waals surface area contributed by atoms with Gasteiger partial charge in [0.1, 0.15) is 18.3 Å². The summed E-state index contributed by atoms with van der Waals surface area (Å²) in [5.74, 6) is 0. The first-order valence-corrected chi connectivity index (χ1v) is 4.12. The summed E-state index contributed by atoms with van der Waals surface area (Å²) in [5.41, 5.74) is 0. The van der Waals surface area contributed by atoms with E-state index in [-0.39, 0.29) is 12.2 Å². The second kappa shape index (κ2) is 3.70. The fraction of sp³-hybridized carbons (Fsp3) is 1.00. The molecule has 0 aromatic rings. The van der Waals surface area contributed by atoms with E-state index < -0.39 is 18.3 Å². The highest BCUT2D eigenvalue weighted by molar-refractivity contribution is 4.89. The molecule has 12 heavy (non-hydrogen) atoms. The lowest BCUT2D eigenvalue weighted by Gasteiger charge is -2.39. The summed E-state index contributed by atoms with van der Waals surface area (Å²) in [6, 6.07) is 0. The maximum atomic E-state index is 9.52. The highest BCUT2D eigenvalue weighted by Gasteiger charge is 2.40. The zero-order valence-corrected chi connectivity index (χ0v) is 7.60. The lowest BCUT2D eigenvalue weighted by Crippen LogP contribution is -2.56. The van der Waals surface area contributed by atoms with Crippen LogP contribution in [0.3, 0.4) is 0 Å². The molecule has 1 fully saturated rings. The third-order valence-electron chi connectivity index (χ3n) is 2.33. The van der Waals surface area contributed by atoms with Crippen LogP contribution in [-0.2, 0) is 9.47 Å². The normalized spacial score (nSPS) is 49.2. The molecular weight excluding hydrogens is 160 g/mol. The van der Waals surface area contributed by atoms with Gasteiger partial charge in [-0.3, -0.25) is 0 Å². The SMILES string of the molecule is COC1C(O)[C@@H](O)C(C)O[C@H]1C. The zero-order chi connectivity index (χ0) is 9.30. The molecule has 0 aromatic carbocycles. The van der Waals surface area contributed by atoms with Gasteiger partial charge in [-0.2, -0.15) is 0 Å². The summed E-state index contributed by atoms with van der Waals surface area (Å²) in [4.78, 5) is 0. The van der Waals surface area contributed by atoms with Gasteiger partial charge in [0.05, 0.1) is 12.2 Å². The molecule has 0 spiro atoms. The first-order valence-electron chi connectivity index (χ1n) is 4.12. The van der Waals surface area contributed by atoms with Crippen LogP contribution in [0.5, 0.6) is 0 Å². The van der Waals surface area contributed by atoms with Crippen molar-refractivity contribution in [1.82, 2.24) is 0 Å². The van der Waals surface area contributed by atoms with Gasteiger partial charge in [0.2, 0.25) is 0 Å². The topological polar surface area (TPSA) is 58.9 Å². The van der Waals surface area contributed by atoms with Crippen LogP contribution in [0.15, 0.2) is 0 Å². The molecule has 3 unspecified atom stereocenters. The largest absolute Gasteiger partial charge is 0.388 e. The average molecular weight is 176 g/mol. The van der Waals surface area contributed by atoms with Gasteiger partial charge < -0.3 is 19.7 Å². The van der Waals surface area contributed by atoms with Crippen molar-refractivity contribution in [3.63, 3.8) is 0 Å². The zero-order valence-electron chi connectivity index (χ0n) is 7.60. The molecule has 1 aliphatic heterocycles. The minimum Gasteiger partial charge on any atom is -0.388 e. The van der Waals surface area contributed by atoms with E-state index in [4.69, 9.17) is 9.47 Å². The summed E-state index contributed by atoms with van der Waals surface area (Å²) in [6.07, 6.45) is -2.65. The first-order chi connectivity index (χ1) is 5.57. The van der Waals surface area contributed by atoms with Crippen LogP contribution >= 0.6 is 0 Å². The van der Waals surface area contributed by atoms with Crippen LogP contribution in [0.2, 0.25) is 0 Å². The Labute approximate surface area is 72.1 Å². The molecule has 5 atom stereocenters. The van der Waals surface area contributed by atoms with E-state index in [1.54, 1.807) is 6.92 Å². The Hall–Kier alpha value is -0.160. The van der Waals surface area contributed by atoms with Crippen LogP contribution in [0.1, 0.15) is 13.8 Å². The predicted molar refractivity (Wildman–Crippen MR) is 42.8 cm³/mol. The fourth-order valence-corrected chi connectivity index (χ4v) is 1.58. The van der Waals surface area contributed by atoms with Gasteiger partial charge in [0.25, 0.3) is 0 Å². The minimum absolute atomic E-state index is 0.177. The van der Waals surface area contributed by atoms with E-state index >= 15 is 0 Å². The van der Waals surface area contributed by atoms with Gasteiger partial charge in [-0.15, -0.1) is 0 Å². The molecule has 0 radical (unpaired) electrons. The number of aliphatic hydroxyl groups excluding tert-OH is 2. The van der Waals surface area contributed by atoms with Crippen molar-refractivity contribution in [3.8, 4) is 0 Å². The molecule has 1 saturated heterocycles. The van der Waals surface area contributed by atoms with Crippen LogP contribution < -0.4 is 0 Å². The molecule has 4 heteroatoms. The molecule has 0 aliphatic carbocycles. The van der Waals surface area contributed by atoms with Crippen molar-refractivity contribution in [3.05, 3.63) is 0 Å². The van der Waals surface area contributed by atoms with Crippen molar-refractivity contribution >= 4 is 0 Å². The molecule has 0 amide bonds. The quantitative estimate of drug-likeness (QED) is 0.567. The molecule has 1 rings (SSSR count). The van der Waals surface area contributed by atoms with Gasteiger partial charge in [0, 0.05) is 7.11 Å². The number of aliphatic hydroxyl groups is 2. The predicted octanol–water partition coefficient (Wildman–Crippen LogP) is -0.470. The molecule has 4 nitrogen and oxygen atoms in total. The third kappa shape index (κ3) is 1.61. The highest BCUT2D eigenvalue weighted by Crippen LogP contribution is 2.22. The van der Waals surface area contributed by atoms with Crippen molar-refractivity contribution in [2.75, 3.05) is 7.11 Å². The molecule has 72 valence electrons. The number of methoxy groups -OCH3 is 1. The Balaban J connectivity index is 2.65. The van der Waals surface area contributed by atoms with Crippen LogP contribution in [0, 0.1) is 0 Å². The van der Waals surface area contributed by atoms with Gasteiger partial charge in [-0.25, -0.2) is 0 Å². The Bertz CT molecular complexity index is 150. The third-order valence-corrected chi connectivity index (χ3v) is 2.33. The summed E-state index contributed by atoms with van der Waals surface area (Å²) < 4.78 is 10.3. The van der Waals surface area contributed by atoms with Crippen molar-refractivity contribution in [2.45, 2.75) is 44.4 Å². The summed E-state index contributed by atoms with van der Waals surface area (Å²) in [6.45, 7) is 3.55. The Morgan fingerprint density at radius 1 is 1.08 bits per heavy atom. The maximum Gasteiger partial charge on any atom is 0.111 e. The number of rotatable bonds is 1. The molecule has 2 N–H and O–H groups in total. The van der Waals surface area contributed by atoms with Crippen LogP contribution in [0.4, 0.5) is 0 Å². The fourth-order valence-electron chi connectivity index (χ4n) is 1.58. The van der Waals surface area contributed by atoms with Gasteiger partial charge in [-0.05, 0) is 13.8 Å². The van der Waals surface area contributed by atoms with E-state index in [1.807, 2.05) is 6.92 Å².